The van der Waals surface area contributed by atoms with E-state index >= 15 is 0 Å². The molecule has 0 radical (unpaired) electrons. The van der Waals surface area contributed by atoms with Gasteiger partial charge in [-0.25, -0.2) is 4.68 Å². The van der Waals surface area contributed by atoms with E-state index in [1.807, 2.05) is 0 Å². The van der Waals surface area contributed by atoms with Gasteiger partial charge in [0, 0.05) is 18.9 Å². The number of nitrogens with zero attached hydrogens (tertiary/aromatic N) is 3. The molecule has 29 heavy (non-hydrogen) atoms. The SMILES string of the molecule is CC(Cc1cccc(C(F)(F)F)c1)C(=O)Nc1nc(C2CCNCC2)nn1C.Cl. The summed E-state index contributed by atoms with van der Waals surface area (Å²) in [5.74, 6) is 0.521. The zero-order valence-corrected chi connectivity index (χ0v) is 17.1. The van der Waals surface area contributed by atoms with Gasteiger partial charge < -0.3 is 5.32 Å². The fraction of sp³-hybridized carbons (Fsp3) is 0.526. The molecular formula is C19H25ClF3N5O. The molecule has 1 aliphatic rings. The molecule has 2 N–H and O–H groups in total. The molecule has 160 valence electrons. The Labute approximate surface area is 173 Å². The number of aryl methyl sites for hydroxylation is 1. The topological polar surface area (TPSA) is 71.8 Å². The van der Waals surface area contributed by atoms with E-state index in [2.05, 4.69) is 20.7 Å². The van der Waals surface area contributed by atoms with Crippen molar-refractivity contribution in [1.29, 1.82) is 0 Å². The molecule has 0 aliphatic carbocycles. The van der Waals surface area contributed by atoms with Crippen molar-refractivity contribution in [1.82, 2.24) is 20.1 Å². The quantitative estimate of drug-likeness (QED) is 0.759. The molecule has 1 unspecified atom stereocenters. The Kier molecular flexibility index (Phi) is 7.65. The van der Waals surface area contributed by atoms with Gasteiger partial charge in [0.25, 0.3) is 0 Å². The van der Waals surface area contributed by atoms with Crippen molar-refractivity contribution in [2.24, 2.45) is 13.0 Å². The zero-order chi connectivity index (χ0) is 20.3. The van der Waals surface area contributed by atoms with E-state index in [0.717, 1.165) is 38.1 Å². The van der Waals surface area contributed by atoms with E-state index in [0.29, 0.717) is 17.3 Å². The average molecular weight is 432 g/mol. The first-order valence-electron chi connectivity index (χ1n) is 9.32. The Hall–Kier alpha value is -2.13. The molecule has 1 aliphatic heterocycles. The number of amides is 1. The predicted octanol–water partition coefficient (Wildman–Crippen LogP) is 3.54. The monoisotopic (exact) mass is 431 g/mol. The third kappa shape index (κ3) is 5.93. The molecule has 0 bridgehead atoms. The molecule has 3 rings (SSSR count). The molecule has 1 saturated heterocycles. The Bertz CT molecular complexity index is 833. The number of nitrogens with one attached hydrogen (secondary N) is 2. The number of hydrogen-bond acceptors (Lipinski definition) is 4. The lowest BCUT2D eigenvalue weighted by Crippen LogP contribution is -2.27. The van der Waals surface area contributed by atoms with Crippen LogP contribution in [0.1, 0.15) is 42.6 Å². The Morgan fingerprint density at radius 3 is 2.69 bits per heavy atom. The second-order valence-corrected chi connectivity index (χ2v) is 7.23. The van der Waals surface area contributed by atoms with Crippen molar-refractivity contribution in [3.63, 3.8) is 0 Å². The molecule has 10 heteroatoms. The third-order valence-corrected chi connectivity index (χ3v) is 4.96. The Morgan fingerprint density at radius 2 is 2.03 bits per heavy atom. The van der Waals surface area contributed by atoms with Crippen LogP contribution in [0, 0.1) is 5.92 Å². The van der Waals surface area contributed by atoms with E-state index in [9.17, 15) is 18.0 Å². The fourth-order valence-corrected chi connectivity index (χ4v) is 3.32. The lowest BCUT2D eigenvalue weighted by atomic mass is 9.98. The van der Waals surface area contributed by atoms with E-state index in [-0.39, 0.29) is 30.7 Å². The standard InChI is InChI=1S/C19H24F3N5O.ClH/c1-12(10-13-4-3-5-15(11-13)19(20,21)22)17(28)25-18-24-16(26-27(18)2)14-6-8-23-9-7-14;/h3-5,11-12,14,23H,6-10H2,1-2H3,(H,24,25,26,28);1H. The summed E-state index contributed by atoms with van der Waals surface area (Å²) in [6.45, 7) is 3.51. The minimum atomic E-state index is -4.40. The number of rotatable bonds is 5. The van der Waals surface area contributed by atoms with Gasteiger partial charge in [-0.15, -0.1) is 12.4 Å². The van der Waals surface area contributed by atoms with E-state index in [1.54, 1.807) is 20.0 Å². The Morgan fingerprint density at radius 1 is 1.34 bits per heavy atom. The number of carbonyl (C=O) groups is 1. The number of hydrogen-bond donors (Lipinski definition) is 2. The minimum absolute atomic E-state index is 0. The van der Waals surface area contributed by atoms with E-state index in [1.165, 1.54) is 10.7 Å². The summed E-state index contributed by atoms with van der Waals surface area (Å²) in [7, 11) is 1.71. The minimum Gasteiger partial charge on any atom is -0.317 e. The molecule has 1 amide bonds. The molecule has 1 fully saturated rings. The smallest absolute Gasteiger partial charge is 0.317 e. The van der Waals surface area contributed by atoms with Gasteiger partial charge in [-0.3, -0.25) is 10.1 Å². The van der Waals surface area contributed by atoms with Gasteiger partial charge in [-0.1, -0.05) is 25.1 Å². The number of piperidine rings is 1. The highest BCUT2D eigenvalue weighted by molar-refractivity contribution is 5.90. The fourth-order valence-electron chi connectivity index (χ4n) is 3.32. The summed E-state index contributed by atoms with van der Waals surface area (Å²) in [4.78, 5) is 17.0. The van der Waals surface area contributed by atoms with Crippen LogP contribution in [0.3, 0.4) is 0 Å². The lowest BCUT2D eigenvalue weighted by Gasteiger charge is -2.19. The molecule has 6 nitrogen and oxygen atoms in total. The number of anilines is 1. The van der Waals surface area contributed by atoms with Gasteiger partial charge in [0.15, 0.2) is 5.82 Å². The van der Waals surface area contributed by atoms with Crippen molar-refractivity contribution in [3.05, 3.63) is 41.2 Å². The number of benzene rings is 1. The lowest BCUT2D eigenvalue weighted by molar-refractivity contribution is -0.137. The van der Waals surface area contributed by atoms with Crippen molar-refractivity contribution >= 4 is 24.3 Å². The molecule has 1 atom stereocenters. The highest BCUT2D eigenvalue weighted by atomic mass is 35.5. The van der Waals surface area contributed by atoms with Crippen LogP contribution in [-0.2, 0) is 24.4 Å². The highest BCUT2D eigenvalue weighted by Crippen LogP contribution is 2.30. The second-order valence-electron chi connectivity index (χ2n) is 7.23. The first-order valence-corrected chi connectivity index (χ1v) is 9.32. The van der Waals surface area contributed by atoms with Crippen molar-refractivity contribution in [2.75, 3.05) is 18.4 Å². The van der Waals surface area contributed by atoms with Crippen LogP contribution in [0.15, 0.2) is 24.3 Å². The highest BCUT2D eigenvalue weighted by Gasteiger charge is 2.30. The first-order chi connectivity index (χ1) is 13.2. The van der Waals surface area contributed by atoms with Crippen LogP contribution in [0.25, 0.3) is 0 Å². The van der Waals surface area contributed by atoms with Gasteiger partial charge in [0.2, 0.25) is 11.9 Å². The molecule has 2 aromatic rings. The van der Waals surface area contributed by atoms with Crippen LogP contribution in [-0.4, -0.2) is 33.8 Å². The summed E-state index contributed by atoms with van der Waals surface area (Å²) in [6.07, 6.45) is -2.30. The van der Waals surface area contributed by atoms with Crippen LogP contribution >= 0.6 is 12.4 Å². The number of carbonyl (C=O) groups excluding carboxylic acids is 1. The molecule has 1 aromatic heterocycles. The molecule has 0 spiro atoms. The largest absolute Gasteiger partial charge is 0.416 e. The summed E-state index contributed by atoms with van der Waals surface area (Å²) >= 11 is 0. The number of alkyl halides is 3. The van der Waals surface area contributed by atoms with E-state index in [4.69, 9.17) is 0 Å². The number of halogens is 4. The molecule has 0 saturated carbocycles. The third-order valence-electron chi connectivity index (χ3n) is 4.96. The summed E-state index contributed by atoms with van der Waals surface area (Å²) in [5, 5.41) is 10.4. The van der Waals surface area contributed by atoms with Gasteiger partial charge in [0.05, 0.1) is 5.56 Å². The van der Waals surface area contributed by atoms with Crippen molar-refractivity contribution < 1.29 is 18.0 Å². The van der Waals surface area contributed by atoms with Crippen molar-refractivity contribution in [3.8, 4) is 0 Å². The predicted molar refractivity (Wildman–Crippen MR) is 106 cm³/mol. The van der Waals surface area contributed by atoms with Crippen LogP contribution in [0.2, 0.25) is 0 Å². The van der Waals surface area contributed by atoms with E-state index < -0.39 is 17.7 Å². The summed E-state index contributed by atoms with van der Waals surface area (Å²) < 4.78 is 40.1. The molecular weight excluding hydrogens is 407 g/mol. The van der Waals surface area contributed by atoms with Gasteiger partial charge in [-0.2, -0.15) is 23.3 Å². The van der Waals surface area contributed by atoms with Crippen LogP contribution in [0.5, 0.6) is 0 Å². The second kappa shape index (κ2) is 9.58. The average Bonchev–Trinajstić information content (AvgIpc) is 3.02. The van der Waals surface area contributed by atoms with Gasteiger partial charge >= 0.3 is 6.18 Å². The normalized spacial score (nSPS) is 16.2. The molecule has 2 heterocycles. The van der Waals surface area contributed by atoms with Crippen molar-refractivity contribution in [2.45, 2.75) is 38.3 Å². The maximum absolute atomic E-state index is 12.9. The maximum atomic E-state index is 12.9. The Balaban J connectivity index is 0.00000300. The summed E-state index contributed by atoms with van der Waals surface area (Å²) in [6, 6.07) is 5.06. The van der Waals surface area contributed by atoms with Gasteiger partial charge in [-0.05, 0) is 44.0 Å². The van der Waals surface area contributed by atoms with Crippen LogP contribution in [0.4, 0.5) is 19.1 Å². The number of aromatic nitrogens is 3. The first kappa shape index (κ1) is 23.2. The zero-order valence-electron chi connectivity index (χ0n) is 16.3. The maximum Gasteiger partial charge on any atom is 0.416 e. The van der Waals surface area contributed by atoms with Crippen LogP contribution < -0.4 is 10.6 Å². The molecule has 1 aromatic carbocycles. The van der Waals surface area contributed by atoms with Gasteiger partial charge in [0.1, 0.15) is 0 Å². The summed E-state index contributed by atoms with van der Waals surface area (Å²) in [5.41, 5.74) is -0.247.